The molecule has 0 spiro atoms. The third-order valence-electron chi connectivity index (χ3n) is 8.38. The average Bonchev–Trinajstić information content (AvgIpc) is 3.54. The van der Waals surface area contributed by atoms with Crippen molar-refractivity contribution in [3.8, 4) is 0 Å². The van der Waals surface area contributed by atoms with Crippen LogP contribution < -0.4 is 0 Å². The van der Waals surface area contributed by atoms with Crippen molar-refractivity contribution < 1.29 is 0 Å². The molecule has 37 heavy (non-hydrogen) atoms. The van der Waals surface area contributed by atoms with Gasteiger partial charge in [-0.3, -0.25) is 0 Å². The maximum Gasteiger partial charge on any atom is 0.0167 e. The Balaban J connectivity index is 1.41. The molecule has 0 bridgehead atoms. The molecule has 198 valence electrons. The Morgan fingerprint density at radius 2 is 0.703 bits per heavy atom. The minimum atomic E-state index is 1.18. The number of hydrogen-bond donors (Lipinski definition) is 0. The van der Waals surface area contributed by atoms with E-state index in [4.69, 9.17) is 0 Å². The molecule has 0 heteroatoms. The lowest BCUT2D eigenvalue weighted by molar-refractivity contribution is 0.781. The number of benzene rings is 2. The van der Waals surface area contributed by atoms with Crippen LogP contribution in [0.15, 0.2) is 35.4 Å². The molecule has 0 nitrogen and oxygen atoms in total. The summed E-state index contributed by atoms with van der Waals surface area (Å²) in [5.41, 5.74) is 15.5. The molecule has 0 amide bonds. The van der Waals surface area contributed by atoms with Crippen molar-refractivity contribution in [3.05, 3.63) is 92.8 Å². The van der Waals surface area contributed by atoms with Gasteiger partial charge in [-0.2, -0.15) is 0 Å². The quantitative estimate of drug-likeness (QED) is 0.218. The molecular formula is C37H50. The van der Waals surface area contributed by atoms with E-state index in [1.54, 1.807) is 33.4 Å². The summed E-state index contributed by atoms with van der Waals surface area (Å²) in [6.07, 6.45) is 28.8. The van der Waals surface area contributed by atoms with Crippen LogP contribution in [0.1, 0.15) is 143 Å². The maximum atomic E-state index is 2.53. The SMILES string of the molecule is CCCCc1ccc(CCCC)c2c1[CH]C(CCCC1=Cc3c(CCCC)ccc(CCCC)c3[CH]1)=C2. The number of hydrogen-bond acceptors (Lipinski definition) is 0. The molecule has 2 radical (unpaired) electrons. The zero-order chi connectivity index (χ0) is 26.0. The molecule has 0 N–H and O–H groups in total. The summed E-state index contributed by atoms with van der Waals surface area (Å²) in [6, 6.07) is 9.70. The van der Waals surface area contributed by atoms with Crippen molar-refractivity contribution in [3.63, 3.8) is 0 Å². The second-order valence-electron chi connectivity index (χ2n) is 11.4. The Hall–Kier alpha value is -2.08. The molecule has 4 rings (SSSR count). The smallest absolute Gasteiger partial charge is 0.0167 e. The van der Waals surface area contributed by atoms with Crippen LogP contribution in [0, 0.1) is 12.8 Å². The van der Waals surface area contributed by atoms with E-state index in [9.17, 15) is 0 Å². The molecule has 2 aromatic rings. The van der Waals surface area contributed by atoms with Crippen LogP contribution in [0.4, 0.5) is 0 Å². The lowest BCUT2D eigenvalue weighted by Gasteiger charge is -2.13. The van der Waals surface area contributed by atoms with E-state index in [0.717, 1.165) is 0 Å². The Morgan fingerprint density at radius 1 is 0.378 bits per heavy atom. The van der Waals surface area contributed by atoms with Gasteiger partial charge in [-0.1, -0.05) is 101 Å². The highest BCUT2D eigenvalue weighted by molar-refractivity contribution is 5.75. The molecule has 2 aromatic carbocycles. The second-order valence-corrected chi connectivity index (χ2v) is 11.4. The van der Waals surface area contributed by atoms with Crippen LogP contribution in [-0.2, 0) is 25.7 Å². The lowest BCUT2D eigenvalue weighted by Crippen LogP contribution is -1.98. The third-order valence-corrected chi connectivity index (χ3v) is 8.38. The summed E-state index contributed by atoms with van der Waals surface area (Å²) in [7, 11) is 0. The highest BCUT2D eigenvalue weighted by Crippen LogP contribution is 2.38. The van der Waals surface area contributed by atoms with Crippen LogP contribution in [0.25, 0.3) is 12.2 Å². The van der Waals surface area contributed by atoms with Crippen molar-refractivity contribution in [1.82, 2.24) is 0 Å². The Morgan fingerprint density at radius 3 is 1.03 bits per heavy atom. The van der Waals surface area contributed by atoms with Gasteiger partial charge in [0.2, 0.25) is 0 Å². The summed E-state index contributed by atoms with van der Waals surface area (Å²) in [6.45, 7) is 9.21. The number of rotatable bonds is 16. The van der Waals surface area contributed by atoms with Gasteiger partial charge >= 0.3 is 0 Å². The van der Waals surface area contributed by atoms with Crippen molar-refractivity contribution in [2.75, 3.05) is 0 Å². The molecule has 0 atom stereocenters. The predicted octanol–water partition coefficient (Wildman–Crippen LogP) is 10.8. The highest BCUT2D eigenvalue weighted by atomic mass is 14.3. The molecular weight excluding hydrogens is 444 g/mol. The monoisotopic (exact) mass is 494 g/mol. The predicted molar refractivity (Wildman–Crippen MR) is 164 cm³/mol. The van der Waals surface area contributed by atoms with Crippen LogP contribution >= 0.6 is 0 Å². The van der Waals surface area contributed by atoms with Crippen LogP contribution in [-0.4, -0.2) is 0 Å². The van der Waals surface area contributed by atoms with Crippen molar-refractivity contribution in [2.45, 2.75) is 124 Å². The number of unbranched alkanes of at least 4 members (excludes halogenated alkanes) is 4. The van der Waals surface area contributed by atoms with Gasteiger partial charge < -0.3 is 0 Å². The number of allylic oxidation sites excluding steroid dienone is 2. The van der Waals surface area contributed by atoms with E-state index in [1.165, 1.54) is 119 Å². The minimum Gasteiger partial charge on any atom is -0.0654 e. The fraction of sp³-hybridized carbons (Fsp3) is 0.514. The first kappa shape index (κ1) is 27.9. The van der Waals surface area contributed by atoms with Gasteiger partial charge in [-0.15, -0.1) is 0 Å². The standard InChI is InChI=1S/C37H50/c1-5-9-16-30-20-21-31(17-10-6-2)35-25-28(24-34(30)35)14-13-15-29-26-36-32(18-11-7-3)22-23-33(19-12-8-4)37(36)27-29/h20-27H,5-19H2,1-4H3. The van der Waals surface area contributed by atoms with Crippen LogP contribution in [0.5, 0.6) is 0 Å². The van der Waals surface area contributed by atoms with E-state index in [2.05, 4.69) is 77.0 Å². The second kappa shape index (κ2) is 14.2. The molecule has 2 aliphatic rings. The summed E-state index contributed by atoms with van der Waals surface area (Å²) in [5.74, 6) is 0. The topological polar surface area (TPSA) is 0 Å². The molecule has 2 aliphatic carbocycles. The highest BCUT2D eigenvalue weighted by Gasteiger charge is 2.22. The first-order chi connectivity index (χ1) is 18.2. The maximum absolute atomic E-state index is 2.53. The fourth-order valence-electron chi connectivity index (χ4n) is 6.09. The normalized spacial score (nSPS) is 14.1. The molecule has 0 heterocycles. The van der Waals surface area contributed by atoms with Crippen LogP contribution in [0.2, 0.25) is 0 Å². The zero-order valence-corrected chi connectivity index (χ0v) is 24.2. The Bertz CT molecular complexity index is 1010. The van der Waals surface area contributed by atoms with Crippen molar-refractivity contribution in [2.24, 2.45) is 0 Å². The summed E-state index contributed by atoms with van der Waals surface area (Å²) < 4.78 is 0. The van der Waals surface area contributed by atoms with Crippen molar-refractivity contribution in [1.29, 1.82) is 0 Å². The van der Waals surface area contributed by atoms with Gasteiger partial charge in [0.15, 0.2) is 0 Å². The lowest BCUT2D eigenvalue weighted by atomic mass is 9.92. The minimum absolute atomic E-state index is 1.18. The summed E-state index contributed by atoms with van der Waals surface area (Å²) in [4.78, 5) is 0. The van der Waals surface area contributed by atoms with E-state index in [0.29, 0.717) is 0 Å². The van der Waals surface area contributed by atoms with Gasteiger partial charge in [0.25, 0.3) is 0 Å². The summed E-state index contributed by atoms with van der Waals surface area (Å²) in [5, 5.41) is 0. The molecule has 0 fully saturated rings. The Kier molecular flexibility index (Phi) is 10.7. The van der Waals surface area contributed by atoms with Gasteiger partial charge in [0.1, 0.15) is 0 Å². The van der Waals surface area contributed by atoms with Gasteiger partial charge in [0, 0.05) is 12.8 Å². The van der Waals surface area contributed by atoms with Crippen molar-refractivity contribution >= 4 is 12.2 Å². The number of fused-ring (bicyclic) bond motifs is 2. The van der Waals surface area contributed by atoms with E-state index in [-0.39, 0.29) is 0 Å². The molecule has 0 aromatic heterocycles. The summed E-state index contributed by atoms with van der Waals surface area (Å²) >= 11 is 0. The van der Waals surface area contributed by atoms with E-state index in [1.807, 2.05) is 0 Å². The fourth-order valence-corrected chi connectivity index (χ4v) is 6.09. The molecule has 0 saturated heterocycles. The van der Waals surface area contributed by atoms with Crippen LogP contribution in [0.3, 0.4) is 0 Å². The first-order valence-electron chi connectivity index (χ1n) is 15.6. The van der Waals surface area contributed by atoms with E-state index >= 15 is 0 Å². The third kappa shape index (κ3) is 7.07. The first-order valence-corrected chi connectivity index (χ1v) is 15.6. The van der Waals surface area contributed by atoms with Gasteiger partial charge in [-0.05, 0) is 115 Å². The molecule has 0 aliphatic heterocycles. The molecule has 0 unspecified atom stereocenters. The van der Waals surface area contributed by atoms with E-state index < -0.39 is 0 Å². The largest absolute Gasteiger partial charge is 0.0654 e. The Labute approximate surface area is 228 Å². The average molecular weight is 495 g/mol. The van der Waals surface area contributed by atoms with Gasteiger partial charge in [0.05, 0.1) is 0 Å². The van der Waals surface area contributed by atoms with Gasteiger partial charge in [-0.25, -0.2) is 0 Å². The molecule has 0 saturated carbocycles. The number of aryl methyl sites for hydroxylation is 4. The zero-order valence-electron chi connectivity index (χ0n) is 24.2.